The average molecular weight is 329 g/mol. The van der Waals surface area contributed by atoms with Crippen LogP contribution in [0.4, 0.5) is 5.69 Å². The van der Waals surface area contributed by atoms with E-state index < -0.39 is 0 Å². The second kappa shape index (κ2) is 4.69. The molecule has 0 aliphatic heterocycles. The highest BCUT2D eigenvalue weighted by Crippen LogP contribution is 2.40. The molecule has 0 unspecified atom stereocenters. The van der Waals surface area contributed by atoms with Crippen LogP contribution in [0, 0.1) is 12.3 Å². The Hall–Kier alpha value is -1.83. The Bertz CT molecular complexity index is 815. The number of terminal acetylenes is 1. The van der Waals surface area contributed by atoms with Crippen molar-refractivity contribution in [2.75, 3.05) is 5.73 Å². The van der Waals surface area contributed by atoms with E-state index in [1.807, 2.05) is 30.3 Å². The van der Waals surface area contributed by atoms with Gasteiger partial charge in [0, 0.05) is 16.1 Å². The van der Waals surface area contributed by atoms with Gasteiger partial charge in [0.25, 0.3) is 0 Å². The lowest BCUT2D eigenvalue weighted by molar-refractivity contribution is 1.44. The molecule has 92 valence electrons. The number of hydrogen-bond acceptors (Lipinski definition) is 3. The first-order valence-electron chi connectivity index (χ1n) is 5.61. The smallest absolute Gasteiger partial charge is 0.127 e. The Morgan fingerprint density at radius 1 is 1.21 bits per heavy atom. The van der Waals surface area contributed by atoms with Crippen molar-refractivity contribution in [3.8, 4) is 23.5 Å². The summed E-state index contributed by atoms with van der Waals surface area (Å²) in [5.74, 6) is 2.62. The summed E-state index contributed by atoms with van der Waals surface area (Å²) in [6, 6.07) is 10.00. The standard InChI is InChI=1S/C15H9BrN2S/c1-2-12-14(17)13-10(7-8-18-15(13)19-12)9-5-3-4-6-11(9)16/h1,3-8H,17H2. The number of nitrogens with zero attached hydrogens (tertiary/aromatic N) is 1. The van der Waals surface area contributed by atoms with E-state index in [2.05, 4.69) is 26.8 Å². The van der Waals surface area contributed by atoms with Gasteiger partial charge in [-0.3, -0.25) is 0 Å². The average Bonchev–Trinajstić information content (AvgIpc) is 2.76. The first-order chi connectivity index (χ1) is 9.22. The van der Waals surface area contributed by atoms with E-state index in [1.165, 1.54) is 11.3 Å². The summed E-state index contributed by atoms with van der Waals surface area (Å²) in [5.41, 5.74) is 8.93. The molecule has 0 spiro atoms. The van der Waals surface area contributed by atoms with Crippen LogP contribution in [0.5, 0.6) is 0 Å². The van der Waals surface area contributed by atoms with Crippen LogP contribution in [0.2, 0.25) is 0 Å². The van der Waals surface area contributed by atoms with Gasteiger partial charge in [-0.1, -0.05) is 40.0 Å². The summed E-state index contributed by atoms with van der Waals surface area (Å²) in [4.78, 5) is 5.97. The van der Waals surface area contributed by atoms with Gasteiger partial charge < -0.3 is 5.73 Å². The van der Waals surface area contributed by atoms with Crippen molar-refractivity contribution in [2.24, 2.45) is 0 Å². The maximum Gasteiger partial charge on any atom is 0.127 e. The SMILES string of the molecule is C#Cc1sc2nccc(-c3ccccc3Br)c2c1N. The van der Waals surface area contributed by atoms with Crippen molar-refractivity contribution < 1.29 is 0 Å². The molecule has 3 aromatic rings. The topological polar surface area (TPSA) is 38.9 Å². The van der Waals surface area contributed by atoms with Crippen LogP contribution in [-0.4, -0.2) is 4.98 Å². The van der Waals surface area contributed by atoms with Crippen LogP contribution in [-0.2, 0) is 0 Å². The minimum Gasteiger partial charge on any atom is -0.396 e. The number of pyridine rings is 1. The third-order valence-corrected chi connectivity index (χ3v) is 4.66. The number of fused-ring (bicyclic) bond motifs is 1. The quantitative estimate of drug-likeness (QED) is 0.677. The lowest BCUT2D eigenvalue weighted by atomic mass is 10.0. The predicted molar refractivity (Wildman–Crippen MR) is 85.1 cm³/mol. The fourth-order valence-corrected chi connectivity index (χ4v) is 3.45. The molecule has 4 heteroatoms. The number of aromatic nitrogens is 1. The Morgan fingerprint density at radius 2 is 2.00 bits per heavy atom. The number of benzene rings is 1. The molecule has 0 atom stereocenters. The van der Waals surface area contributed by atoms with E-state index >= 15 is 0 Å². The van der Waals surface area contributed by atoms with Gasteiger partial charge in [0.05, 0.1) is 5.69 Å². The molecular formula is C15H9BrN2S. The van der Waals surface area contributed by atoms with Gasteiger partial charge in [0.2, 0.25) is 0 Å². The van der Waals surface area contributed by atoms with Gasteiger partial charge >= 0.3 is 0 Å². The molecule has 0 bridgehead atoms. The fraction of sp³-hybridized carbons (Fsp3) is 0. The highest BCUT2D eigenvalue weighted by molar-refractivity contribution is 9.10. The molecule has 0 saturated heterocycles. The van der Waals surface area contributed by atoms with E-state index in [0.29, 0.717) is 5.69 Å². The first-order valence-corrected chi connectivity index (χ1v) is 7.22. The Labute approximate surface area is 123 Å². The van der Waals surface area contributed by atoms with E-state index in [9.17, 15) is 0 Å². The van der Waals surface area contributed by atoms with E-state index in [4.69, 9.17) is 12.2 Å². The summed E-state index contributed by atoms with van der Waals surface area (Å²) in [5, 5.41) is 0.937. The van der Waals surface area contributed by atoms with E-state index in [-0.39, 0.29) is 0 Å². The van der Waals surface area contributed by atoms with Crippen molar-refractivity contribution in [1.82, 2.24) is 4.98 Å². The third-order valence-electron chi connectivity index (χ3n) is 2.92. The van der Waals surface area contributed by atoms with Gasteiger partial charge in [0.15, 0.2) is 0 Å². The molecule has 0 radical (unpaired) electrons. The van der Waals surface area contributed by atoms with E-state index in [0.717, 1.165) is 30.7 Å². The Morgan fingerprint density at radius 3 is 2.74 bits per heavy atom. The zero-order valence-corrected chi connectivity index (χ0v) is 12.3. The number of anilines is 1. The van der Waals surface area contributed by atoms with Crippen LogP contribution < -0.4 is 5.73 Å². The number of halogens is 1. The van der Waals surface area contributed by atoms with Gasteiger partial charge in [-0.25, -0.2) is 4.98 Å². The Balaban J connectivity index is 2.40. The van der Waals surface area contributed by atoms with Crippen molar-refractivity contribution in [3.63, 3.8) is 0 Å². The van der Waals surface area contributed by atoms with Crippen LogP contribution in [0.3, 0.4) is 0 Å². The summed E-state index contributed by atoms with van der Waals surface area (Å²) in [6.07, 6.45) is 7.26. The molecule has 0 aliphatic rings. The molecule has 3 rings (SSSR count). The maximum atomic E-state index is 6.15. The van der Waals surface area contributed by atoms with Crippen LogP contribution in [0.15, 0.2) is 41.0 Å². The molecule has 2 aromatic heterocycles. The van der Waals surface area contributed by atoms with E-state index in [1.54, 1.807) is 6.20 Å². The monoisotopic (exact) mass is 328 g/mol. The lowest BCUT2D eigenvalue weighted by Gasteiger charge is -2.06. The maximum absolute atomic E-state index is 6.15. The minimum absolute atomic E-state index is 0.640. The summed E-state index contributed by atoms with van der Waals surface area (Å²) < 4.78 is 1.02. The molecule has 2 N–H and O–H groups in total. The highest BCUT2D eigenvalue weighted by atomic mass is 79.9. The van der Waals surface area contributed by atoms with Crippen molar-refractivity contribution in [3.05, 3.63) is 45.9 Å². The molecule has 0 fully saturated rings. The van der Waals surface area contributed by atoms with Gasteiger partial charge in [-0.15, -0.1) is 17.8 Å². The molecule has 0 aliphatic carbocycles. The molecule has 1 aromatic carbocycles. The minimum atomic E-state index is 0.640. The highest BCUT2D eigenvalue weighted by Gasteiger charge is 2.14. The second-order valence-corrected chi connectivity index (χ2v) is 5.86. The van der Waals surface area contributed by atoms with Gasteiger partial charge in [-0.2, -0.15) is 0 Å². The van der Waals surface area contributed by atoms with Crippen LogP contribution in [0.1, 0.15) is 4.88 Å². The molecule has 19 heavy (non-hydrogen) atoms. The Kier molecular flexibility index (Phi) is 3.02. The lowest BCUT2D eigenvalue weighted by Crippen LogP contribution is -1.88. The second-order valence-electron chi connectivity index (χ2n) is 4.01. The van der Waals surface area contributed by atoms with Gasteiger partial charge in [-0.05, 0) is 23.3 Å². The number of nitrogens with two attached hydrogens (primary N) is 1. The predicted octanol–water partition coefficient (Wildman–Crippen LogP) is 4.29. The van der Waals surface area contributed by atoms with Crippen molar-refractivity contribution in [1.29, 1.82) is 0 Å². The number of hydrogen-bond donors (Lipinski definition) is 1. The van der Waals surface area contributed by atoms with Crippen molar-refractivity contribution >= 4 is 43.2 Å². The van der Waals surface area contributed by atoms with Crippen LogP contribution in [0.25, 0.3) is 21.3 Å². The third kappa shape index (κ3) is 1.92. The first kappa shape index (κ1) is 12.2. The molecule has 2 heterocycles. The molecular weight excluding hydrogens is 320 g/mol. The number of thiophene rings is 1. The molecule has 2 nitrogen and oxygen atoms in total. The number of rotatable bonds is 1. The summed E-state index contributed by atoms with van der Waals surface area (Å²) in [7, 11) is 0. The zero-order valence-electron chi connectivity index (χ0n) is 9.85. The molecule has 0 saturated carbocycles. The van der Waals surface area contributed by atoms with Crippen molar-refractivity contribution in [2.45, 2.75) is 0 Å². The fourth-order valence-electron chi connectivity index (χ4n) is 2.06. The number of nitrogen functional groups attached to an aromatic ring is 1. The van der Waals surface area contributed by atoms with Crippen LogP contribution >= 0.6 is 27.3 Å². The normalized spacial score (nSPS) is 10.5. The zero-order chi connectivity index (χ0) is 13.4. The van der Waals surface area contributed by atoms with Gasteiger partial charge in [0.1, 0.15) is 9.71 Å². The summed E-state index contributed by atoms with van der Waals surface area (Å²) in [6.45, 7) is 0. The summed E-state index contributed by atoms with van der Waals surface area (Å²) >= 11 is 5.02. The largest absolute Gasteiger partial charge is 0.396 e. The molecule has 0 amide bonds.